The summed E-state index contributed by atoms with van der Waals surface area (Å²) in [5, 5.41) is 0. The molecule has 0 N–H and O–H groups in total. The van der Waals surface area contributed by atoms with Crippen molar-refractivity contribution < 1.29 is 4.74 Å². The first-order valence-electron chi connectivity index (χ1n) is 4.58. The number of benzene rings is 1. The summed E-state index contributed by atoms with van der Waals surface area (Å²) in [5.41, 5.74) is 1.29. The van der Waals surface area contributed by atoms with Gasteiger partial charge < -0.3 is 4.74 Å². The predicted molar refractivity (Wildman–Crippen MR) is 49.4 cm³/mol. The van der Waals surface area contributed by atoms with Gasteiger partial charge in [0.15, 0.2) is 0 Å². The van der Waals surface area contributed by atoms with Gasteiger partial charge in [-0.3, -0.25) is 0 Å². The molecule has 0 aromatic heterocycles. The highest BCUT2D eigenvalue weighted by molar-refractivity contribution is 5.26. The predicted octanol–water partition coefficient (Wildman–Crippen LogP) is 2.93. The first-order chi connectivity index (χ1) is 5.84. The second-order valence-electron chi connectivity index (χ2n) is 3.48. The summed E-state index contributed by atoms with van der Waals surface area (Å²) in [7, 11) is 0. The third-order valence-corrected chi connectivity index (χ3v) is 2.38. The molecular weight excluding hydrogens is 148 g/mol. The third-order valence-electron chi connectivity index (χ3n) is 2.38. The zero-order valence-corrected chi connectivity index (χ0v) is 7.42. The lowest BCUT2D eigenvalue weighted by atomic mass is 9.96. The fraction of sp³-hybridized carbons (Fsp3) is 0.455. The smallest absolute Gasteiger partial charge is 0.119 e. The molecule has 0 atom stereocenters. The van der Waals surface area contributed by atoms with E-state index in [2.05, 4.69) is 19.1 Å². The number of hydrogen-bond donors (Lipinski definition) is 0. The van der Waals surface area contributed by atoms with Gasteiger partial charge in [-0.15, -0.1) is 0 Å². The van der Waals surface area contributed by atoms with Gasteiger partial charge in [0.05, 0.1) is 6.10 Å². The van der Waals surface area contributed by atoms with Crippen LogP contribution in [0.5, 0.6) is 5.75 Å². The lowest BCUT2D eigenvalue weighted by Crippen LogP contribution is -2.24. The van der Waals surface area contributed by atoms with E-state index in [0.717, 1.165) is 5.75 Å². The molecule has 0 radical (unpaired) electrons. The highest BCUT2D eigenvalue weighted by Crippen LogP contribution is 2.24. The van der Waals surface area contributed by atoms with Gasteiger partial charge in [0, 0.05) is 0 Å². The van der Waals surface area contributed by atoms with Crippen molar-refractivity contribution in [2.45, 2.75) is 32.3 Å². The second-order valence-corrected chi connectivity index (χ2v) is 3.48. The molecule has 0 spiro atoms. The average molecular weight is 162 g/mol. The largest absolute Gasteiger partial charge is 0.490 e. The number of rotatable bonds is 2. The van der Waals surface area contributed by atoms with Crippen molar-refractivity contribution >= 4 is 0 Å². The second kappa shape index (κ2) is 3.18. The fourth-order valence-electron chi connectivity index (χ4n) is 1.30. The van der Waals surface area contributed by atoms with Gasteiger partial charge in [0.2, 0.25) is 0 Å². The molecule has 1 nitrogen and oxygen atoms in total. The maximum absolute atomic E-state index is 5.71. The highest BCUT2D eigenvalue weighted by atomic mass is 16.5. The Morgan fingerprint density at radius 2 is 1.83 bits per heavy atom. The summed E-state index contributed by atoms with van der Waals surface area (Å²) in [4.78, 5) is 0. The van der Waals surface area contributed by atoms with Crippen LogP contribution in [0.4, 0.5) is 0 Å². The van der Waals surface area contributed by atoms with Crippen LogP contribution in [0, 0.1) is 6.92 Å². The van der Waals surface area contributed by atoms with Crippen molar-refractivity contribution in [1.29, 1.82) is 0 Å². The normalized spacial score (nSPS) is 17.1. The molecule has 1 heteroatoms. The zero-order chi connectivity index (χ0) is 8.39. The van der Waals surface area contributed by atoms with Crippen molar-refractivity contribution in [2.75, 3.05) is 0 Å². The molecule has 0 amide bonds. The Labute approximate surface area is 73.4 Å². The summed E-state index contributed by atoms with van der Waals surface area (Å²) in [5.74, 6) is 1.02. The molecule has 1 saturated carbocycles. The first-order valence-corrected chi connectivity index (χ1v) is 4.58. The summed E-state index contributed by atoms with van der Waals surface area (Å²) in [6.07, 6.45) is 4.28. The van der Waals surface area contributed by atoms with Gasteiger partial charge in [0.1, 0.15) is 5.75 Å². The van der Waals surface area contributed by atoms with Gasteiger partial charge in [-0.25, -0.2) is 0 Å². The Bertz CT molecular complexity index is 246. The lowest BCUT2D eigenvalue weighted by Gasteiger charge is -2.26. The van der Waals surface area contributed by atoms with E-state index < -0.39 is 0 Å². The van der Waals surface area contributed by atoms with E-state index in [1.165, 1.54) is 24.8 Å². The molecule has 1 aliphatic rings. The molecule has 12 heavy (non-hydrogen) atoms. The fourth-order valence-corrected chi connectivity index (χ4v) is 1.30. The number of aryl methyl sites for hydroxylation is 1. The molecule has 64 valence electrons. The van der Waals surface area contributed by atoms with Gasteiger partial charge in [-0.2, -0.15) is 0 Å². The topological polar surface area (TPSA) is 9.23 Å². The van der Waals surface area contributed by atoms with Crippen LogP contribution >= 0.6 is 0 Å². The molecule has 1 aromatic carbocycles. The molecule has 2 rings (SSSR count). The van der Waals surface area contributed by atoms with E-state index in [4.69, 9.17) is 4.74 Å². The average Bonchev–Trinajstić information content (AvgIpc) is 2.00. The third kappa shape index (κ3) is 1.60. The van der Waals surface area contributed by atoms with E-state index in [9.17, 15) is 0 Å². The minimum atomic E-state index is 0.493. The van der Waals surface area contributed by atoms with Crippen molar-refractivity contribution in [3.8, 4) is 5.75 Å². The maximum atomic E-state index is 5.71. The summed E-state index contributed by atoms with van der Waals surface area (Å²) < 4.78 is 5.71. The molecule has 0 saturated heterocycles. The van der Waals surface area contributed by atoms with Crippen molar-refractivity contribution in [2.24, 2.45) is 0 Å². The Kier molecular flexibility index (Phi) is 2.03. The molecule has 0 heterocycles. The van der Waals surface area contributed by atoms with E-state index in [1.807, 2.05) is 12.1 Å². The molecule has 0 unspecified atom stereocenters. The van der Waals surface area contributed by atoms with E-state index >= 15 is 0 Å². The molecular formula is C11H14O. The first kappa shape index (κ1) is 7.66. The van der Waals surface area contributed by atoms with Crippen molar-refractivity contribution in [3.63, 3.8) is 0 Å². The molecule has 1 fully saturated rings. The molecule has 0 aliphatic heterocycles. The van der Waals surface area contributed by atoms with Crippen LogP contribution in [-0.4, -0.2) is 6.10 Å². The lowest BCUT2D eigenvalue weighted by molar-refractivity contribution is 0.120. The monoisotopic (exact) mass is 162 g/mol. The molecule has 0 bridgehead atoms. The number of hydrogen-bond acceptors (Lipinski definition) is 1. The van der Waals surface area contributed by atoms with E-state index in [0.29, 0.717) is 6.10 Å². The minimum Gasteiger partial charge on any atom is -0.490 e. The van der Waals surface area contributed by atoms with Crippen LogP contribution in [0.1, 0.15) is 24.8 Å². The highest BCUT2D eigenvalue weighted by Gasteiger charge is 2.18. The molecule has 1 aliphatic carbocycles. The van der Waals surface area contributed by atoms with Crippen LogP contribution in [0.3, 0.4) is 0 Å². The van der Waals surface area contributed by atoms with E-state index in [-0.39, 0.29) is 0 Å². The zero-order valence-electron chi connectivity index (χ0n) is 7.42. The quantitative estimate of drug-likeness (QED) is 0.649. The van der Waals surface area contributed by atoms with Crippen LogP contribution in [0.15, 0.2) is 24.3 Å². The van der Waals surface area contributed by atoms with Crippen LogP contribution in [0.25, 0.3) is 0 Å². The maximum Gasteiger partial charge on any atom is 0.119 e. The summed E-state index contributed by atoms with van der Waals surface area (Å²) in [6.45, 7) is 2.09. The Morgan fingerprint density at radius 1 is 1.17 bits per heavy atom. The minimum absolute atomic E-state index is 0.493. The Balaban J connectivity index is 1.98. The SMILES string of the molecule is Cc1ccc(OC2CCC2)cc1. The Hall–Kier alpha value is -0.980. The Morgan fingerprint density at radius 3 is 2.33 bits per heavy atom. The van der Waals surface area contributed by atoms with Crippen molar-refractivity contribution in [1.82, 2.24) is 0 Å². The van der Waals surface area contributed by atoms with E-state index in [1.54, 1.807) is 0 Å². The van der Waals surface area contributed by atoms with Crippen LogP contribution < -0.4 is 4.74 Å². The number of ether oxygens (including phenoxy) is 1. The van der Waals surface area contributed by atoms with Crippen molar-refractivity contribution in [3.05, 3.63) is 29.8 Å². The van der Waals surface area contributed by atoms with Crippen LogP contribution in [0.2, 0.25) is 0 Å². The molecule has 1 aromatic rings. The van der Waals surface area contributed by atoms with Gasteiger partial charge >= 0.3 is 0 Å². The standard InChI is InChI=1S/C11H14O/c1-9-5-7-11(8-6-9)12-10-3-2-4-10/h5-8,10H,2-4H2,1H3. The van der Waals surface area contributed by atoms with Crippen LogP contribution in [-0.2, 0) is 0 Å². The summed E-state index contributed by atoms with van der Waals surface area (Å²) >= 11 is 0. The van der Waals surface area contributed by atoms with Gasteiger partial charge in [-0.05, 0) is 38.3 Å². The van der Waals surface area contributed by atoms with Gasteiger partial charge in [0.25, 0.3) is 0 Å². The summed E-state index contributed by atoms with van der Waals surface area (Å²) in [6, 6.07) is 8.28. The van der Waals surface area contributed by atoms with Gasteiger partial charge in [-0.1, -0.05) is 17.7 Å².